The van der Waals surface area contributed by atoms with Crippen molar-refractivity contribution in [1.82, 2.24) is 9.97 Å². The van der Waals surface area contributed by atoms with E-state index < -0.39 is 5.97 Å². The van der Waals surface area contributed by atoms with Crippen LogP contribution in [-0.4, -0.2) is 21.0 Å². The maximum atomic E-state index is 10.7. The Morgan fingerprint density at radius 2 is 2.18 bits per heavy atom. The standard InChI is InChI=1S/C12H11N3O2/c1-8-3-2-4-9(7-8)14-12-13-6-5-10(15-12)11(16)17/h2-7H,1H3,(H,16,17)(H,13,14,15). The first-order chi connectivity index (χ1) is 8.15. The van der Waals surface area contributed by atoms with Gasteiger partial charge in [-0.2, -0.15) is 0 Å². The summed E-state index contributed by atoms with van der Waals surface area (Å²) in [7, 11) is 0. The van der Waals surface area contributed by atoms with Crippen molar-refractivity contribution in [3.05, 3.63) is 47.8 Å². The van der Waals surface area contributed by atoms with Crippen LogP contribution in [0.5, 0.6) is 0 Å². The van der Waals surface area contributed by atoms with Gasteiger partial charge >= 0.3 is 5.97 Å². The first kappa shape index (κ1) is 11.1. The Morgan fingerprint density at radius 1 is 1.35 bits per heavy atom. The van der Waals surface area contributed by atoms with E-state index in [1.54, 1.807) is 0 Å². The van der Waals surface area contributed by atoms with Gasteiger partial charge < -0.3 is 10.4 Å². The highest BCUT2D eigenvalue weighted by atomic mass is 16.4. The lowest BCUT2D eigenvalue weighted by Crippen LogP contribution is -2.04. The molecule has 0 atom stereocenters. The number of hydrogen-bond acceptors (Lipinski definition) is 4. The molecule has 0 radical (unpaired) electrons. The second kappa shape index (κ2) is 4.61. The molecule has 0 aliphatic rings. The summed E-state index contributed by atoms with van der Waals surface area (Å²) in [6, 6.07) is 9.02. The van der Waals surface area contributed by atoms with Crippen molar-refractivity contribution < 1.29 is 9.90 Å². The van der Waals surface area contributed by atoms with Crippen LogP contribution >= 0.6 is 0 Å². The molecule has 0 unspecified atom stereocenters. The molecule has 0 aliphatic heterocycles. The van der Waals surface area contributed by atoms with Gasteiger partial charge in [0.2, 0.25) is 5.95 Å². The lowest BCUT2D eigenvalue weighted by molar-refractivity contribution is 0.0690. The van der Waals surface area contributed by atoms with Crippen molar-refractivity contribution in [3.63, 3.8) is 0 Å². The molecule has 5 nitrogen and oxygen atoms in total. The monoisotopic (exact) mass is 229 g/mol. The second-order valence-corrected chi connectivity index (χ2v) is 3.57. The Morgan fingerprint density at radius 3 is 2.88 bits per heavy atom. The van der Waals surface area contributed by atoms with Crippen molar-refractivity contribution in [1.29, 1.82) is 0 Å². The number of carboxylic acids is 1. The molecule has 0 amide bonds. The van der Waals surface area contributed by atoms with Crippen molar-refractivity contribution in [3.8, 4) is 0 Å². The third kappa shape index (κ3) is 2.78. The van der Waals surface area contributed by atoms with E-state index >= 15 is 0 Å². The van der Waals surface area contributed by atoms with Crippen molar-refractivity contribution in [2.24, 2.45) is 0 Å². The van der Waals surface area contributed by atoms with Crippen molar-refractivity contribution in [2.45, 2.75) is 6.92 Å². The fourth-order valence-electron chi connectivity index (χ4n) is 1.39. The molecule has 86 valence electrons. The van der Waals surface area contributed by atoms with Gasteiger partial charge in [0.15, 0.2) is 5.69 Å². The largest absolute Gasteiger partial charge is 0.477 e. The minimum Gasteiger partial charge on any atom is -0.477 e. The molecule has 0 saturated heterocycles. The number of aromatic carboxylic acids is 1. The third-order valence-corrected chi connectivity index (χ3v) is 2.15. The number of nitrogens with zero attached hydrogens (tertiary/aromatic N) is 2. The number of hydrogen-bond donors (Lipinski definition) is 2. The highest BCUT2D eigenvalue weighted by molar-refractivity contribution is 5.85. The molecular weight excluding hydrogens is 218 g/mol. The number of aromatic nitrogens is 2. The molecule has 1 aromatic heterocycles. The summed E-state index contributed by atoms with van der Waals surface area (Å²) in [5, 5.41) is 11.8. The van der Waals surface area contributed by atoms with Gasteiger partial charge in [0, 0.05) is 11.9 Å². The van der Waals surface area contributed by atoms with Gasteiger partial charge in [0.25, 0.3) is 0 Å². The van der Waals surface area contributed by atoms with Gasteiger partial charge in [0.05, 0.1) is 0 Å². The van der Waals surface area contributed by atoms with Gasteiger partial charge in [-0.15, -0.1) is 0 Å². The average molecular weight is 229 g/mol. The Bertz CT molecular complexity index is 555. The predicted octanol–water partition coefficient (Wildman–Crippen LogP) is 2.23. The van der Waals surface area contributed by atoms with E-state index in [1.807, 2.05) is 31.2 Å². The summed E-state index contributed by atoms with van der Waals surface area (Å²) >= 11 is 0. The Kier molecular flexibility index (Phi) is 3.00. The second-order valence-electron chi connectivity index (χ2n) is 3.57. The average Bonchev–Trinajstić information content (AvgIpc) is 2.29. The molecule has 1 aromatic carbocycles. The van der Waals surface area contributed by atoms with Crippen LogP contribution < -0.4 is 5.32 Å². The molecule has 0 fully saturated rings. The maximum Gasteiger partial charge on any atom is 0.354 e. The van der Waals surface area contributed by atoms with Crippen LogP contribution in [-0.2, 0) is 0 Å². The van der Waals surface area contributed by atoms with Crippen molar-refractivity contribution in [2.75, 3.05) is 5.32 Å². The zero-order valence-electron chi connectivity index (χ0n) is 9.21. The number of aryl methyl sites for hydroxylation is 1. The van der Waals surface area contributed by atoms with Gasteiger partial charge in [-0.3, -0.25) is 0 Å². The van der Waals surface area contributed by atoms with Crippen LogP contribution in [0.2, 0.25) is 0 Å². The van der Waals surface area contributed by atoms with E-state index in [9.17, 15) is 4.79 Å². The molecule has 0 saturated carbocycles. The van der Waals surface area contributed by atoms with Gasteiger partial charge in [0.1, 0.15) is 0 Å². The van der Waals surface area contributed by atoms with Gasteiger partial charge in [-0.1, -0.05) is 12.1 Å². The lowest BCUT2D eigenvalue weighted by Gasteiger charge is -2.05. The van der Waals surface area contributed by atoms with E-state index in [1.165, 1.54) is 12.3 Å². The van der Waals surface area contributed by atoms with Crippen LogP contribution in [0.15, 0.2) is 36.5 Å². The number of nitrogens with one attached hydrogen (secondary N) is 1. The van der Waals surface area contributed by atoms with Gasteiger partial charge in [-0.05, 0) is 30.7 Å². The number of carboxylic acid groups (broad SMARTS) is 1. The topological polar surface area (TPSA) is 75.1 Å². The maximum absolute atomic E-state index is 10.7. The minimum atomic E-state index is -1.07. The molecule has 0 aliphatic carbocycles. The number of anilines is 2. The van der Waals surface area contributed by atoms with E-state index in [0.29, 0.717) is 0 Å². The number of carbonyl (C=O) groups is 1. The van der Waals surface area contributed by atoms with E-state index in [0.717, 1.165) is 11.3 Å². The number of benzene rings is 1. The fourth-order valence-corrected chi connectivity index (χ4v) is 1.39. The fraction of sp³-hybridized carbons (Fsp3) is 0.0833. The van der Waals surface area contributed by atoms with E-state index in [4.69, 9.17) is 5.11 Å². The Labute approximate surface area is 98.2 Å². The summed E-state index contributed by atoms with van der Waals surface area (Å²) in [5.41, 5.74) is 1.90. The predicted molar refractivity (Wildman–Crippen MR) is 63.5 cm³/mol. The lowest BCUT2D eigenvalue weighted by atomic mass is 10.2. The molecule has 0 spiro atoms. The van der Waals surface area contributed by atoms with Crippen LogP contribution in [0.4, 0.5) is 11.6 Å². The first-order valence-electron chi connectivity index (χ1n) is 5.05. The Hall–Kier alpha value is -2.43. The van der Waals surface area contributed by atoms with Crippen LogP contribution in [0.25, 0.3) is 0 Å². The quantitative estimate of drug-likeness (QED) is 0.844. The van der Waals surface area contributed by atoms with Crippen molar-refractivity contribution >= 4 is 17.6 Å². The smallest absolute Gasteiger partial charge is 0.354 e. The molecule has 17 heavy (non-hydrogen) atoms. The van der Waals surface area contributed by atoms with Crippen LogP contribution in [0, 0.1) is 6.92 Å². The summed E-state index contributed by atoms with van der Waals surface area (Å²) in [5.74, 6) is -0.796. The molecule has 5 heteroatoms. The molecule has 1 heterocycles. The van der Waals surface area contributed by atoms with Crippen LogP contribution in [0.1, 0.15) is 16.1 Å². The summed E-state index contributed by atoms with van der Waals surface area (Å²) in [6.07, 6.45) is 1.41. The summed E-state index contributed by atoms with van der Waals surface area (Å²) in [6.45, 7) is 1.97. The minimum absolute atomic E-state index is 0.0323. The highest BCUT2D eigenvalue weighted by Crippen LogP contribution is 2.14. The van der Waals surface area contributed by atoms with E-state index in [2.05, 4.69) is 15.3 Å². The number of rotatable bonds is 3. The summed E-state index contributed by atoms with van der Waals surface area (Å²) < 4.78 is 0. The molecule has 2 rings (SSSR count). The highest BCUT2D eigenvalue weighted by Gasteiger charge is 2.06. The SMILES string of the molecule is Cc1cccc(Nc2nccc(C(=O)O)n2)c1. The third-order valence-electron chi connectivity index (χ3n) is 2.15. The van der Waals surface area contributed by atoms with Crippen LogP contribution in [0.3, 0.4) is 0 Å². The van der Waals surface area contributed by atoms with Gasteiger partial charge in [-0.25, -0.2) is 14.8 Å². The first-order valence-corrected chi connectivity index (χ1v) is 5.05. The molecule has 2 aromatic rings. The van der Waals surface area contributed by atoms with E-state index in [-0.39, 0.29) is 11.6 Å². The summed E-state index contributed by atoms with van der Waals surface area (Å²) in [4.78, 5) is 18.6. The molecule has 2 N–H and O–H groups in total. The molecule has 0 bridgehead atoms. The Balaban J connectivity index is 2.24. The normalized spacial score (nSPS) is 9.94. The zero-order valence-corrected chi connectivity index (χ0v) is 9.21. The molecular formula is C12H11N3O2. The zero-order chi connectivity index (χ0) is 12.3.